The molecular formula is C14H21ClN2. The van der Waals surface area contributed by atoms with Gasteiger partial charge in [0.2, 0.25) is 0 Å². The number of hydrogen-bond acceptors (Lipinski definition) is 2. The third-order valence-corrected chi connectivity index (χ3v) is 4.05. The van der Waals surface area contributed by atoms with Gasteiger partial charge >= 0.3 is 0 Å². The van der Waals surface area contributed by atoms with Gasteiger partial charge < -0.3 is 11.1 Å². The molecule has 1 aliphatic rings. The molecule has 3 atom stereocenters. The summed E-state index contributed by atoms with van der Waals surface area (Å²) in [6.07, 6.45) is 3.81. The highest BCUT2D eigenvalue weighted by Crippen LogP contribution is 2.27. The lowest BCUT2D eigenvalue weighted by molar-refractivity contribution is 0.374. The van der Waals surface area contributed by atoms with Crippen molar-refractivity contribution in [1.29, 1.82) is 0 Å². The summed E-state index contributed by atoms with van der Waals surface area (Å²) in [5.74, 6) is 0.643. The van der Waals surface area contributed by atoms with Crippen LogP contribution < -0.4 is 11.1 Å². The maximum atomic E-state index is 5.90. The second-order valence-corrected chi connectivity index (χ2v) is 5.41. The third-order valence-electron chi connectivity index (χ3n) is 3.80. The van der Waals surface area contributed by atoms with Crippen LogP contribution in [0.4, 0.5) is 0 Å². The van der Waals surface area contributed by atoms with E-state index in [0.717, 1.165) is 11.6 Å². The van der Waals surface area contributed by atoms with E-state index in [-0.39, 0.29) is 0 Å². The van der Waals surface area contributed by atoms with Crippen LogP contribution in [-0.2, 0) is 0 Å². The molecule has 1 aromatic carbocycles. The summed E-state index contributed by atoms with van der Waals surface area (Å²) in [6, 6.07) is 9.02. The maximum Gasteiger partial charge on any atom is 0.0406 e. The second kappa shape index (κ2) is 5.85. The van der Waals surface area contributed by atoms with Crippen molar-refractivity contribution in [3.8, 4) is 0 Å². The lowest BCUT2D eigenvalue weighted by Crippen LogP contribution is -2.37. The fraction of sp³-hybridized carbons (Fsp3) is 0.571. The SMILES string of the molecule is C[C@H](NC1CCCC1CN)c1ccc(Cl)cc1. The van der Waals surface area contributed by atoms with Crippen LogP contribution in [0.25, 0.3) is 0 Å². The van der Waals surface area contributed by atoms with Gasteiger partial charge in [-0.25, -0.2) is 0 Å². The van der Waals surface area contributed by atoms with Crippen LogP contribution in [0.3, 0.4) is 0 Å². The standard InChI is InChI=1S/C14H21ClN2/c1-10(11-5-7-13(15)8-6-11)17-14-4-2-3-12(14)9-16/h5-8,10,12,14,17H,2-4,9,16H2,1H3/t10-,12?,14?/m0/s1. The quantitative estimate of drug-likeness (QED) is 0.864. The molecule has 1 saturated carbocycles. The zero-order valence-electron chi connectivity index (χ0n) is 10.3. The summed E-state index contributed by atoms with van der Waals surface area (Å²) in [5.41, 5.74) is 7.09. The minimum Gasteiger partial charge on any atom is -0.330 e. The van der Waals surface area contributed by atoms with E-state index in [2.05, 4.69) is 24.4 Å². The first-order valence-electron chi connectivity index (χ1n) is 6.42. The van der Waals surface area contributed by atoms with Crippen LogP contribution in [0.1, 0.15) is 37.8 Å². The first kappa shape index (κ1) is 12.9. The molecule has 94 valence electrons. The first-order chi connectivity index (χ1) is 8.20. The summed E-state index contributed by atoms with van der Waals surface area (Å²) in [6.45, 7) is 3.00. The van der Waals surface area contributed by atoms with Crippen LogP contribution in [0.5, 0.6) is 0 Å². The predicted molar refractivity (Wildman–Crippen MR) is 73.2 cm³/mol. The molecule has 1 fully saturated rings. The fourth-order valence-electron chi connectivity index (χ4n) is 2.71. The average molecular weight is 253 g/mol. The number of hydrogen-bond donors (Lipinski definition) is 2. The van der Waals surface area contributed by atoms with Crippen molar-refractivity contribution in [2.75, 3.05) is 6.54 Å². The average Bonchev–Trinajstić information content (AvgIpc) is 2.77. The Morgan fingerprint density at radius 3 is 2.71 bits per heavy atom. The van der Waals surface area contributed by atoms with E-state index < -0.39 is 0 Å². The predicted octanol–water partition coefficient (Wildman–Crippen LogP) is 3.12. The summed E-state index contributed by atoms with van der Waals surface area (Å²) in [4.78, 5) is 0. The Morgan fingerprint density at radius 2 is 2.06 bits per heavy atom. The molecule has 0 aromatic heterocycles. The summed E-state index contributed by atoms with van der Waals surface area (Å²) in [5, 5.41) is 4.49. The molecule has 0 amide bonds. The zero-order chi connectivity index (χ0) is 12.3. The third kappa shape index (κ3) is 3.21. The molecule has 2 rings (SSSR count). The molecule has 2 unspecified atom stereocenters. The Morgan fingerprint density at radius 1 is 1.35 bits per heavy atom. The zero-order valence-corrected chi connectivity index (χ0v) is 11.1. The summed E-state index contributed by atoms with van der Waals surface area (Å²) >= 11 is 5.90. The lowest BCUT2D eigenvalue weighted by atomic mass is 10.0. The molecule has 1 aromatic rings. The van der Waals surface area contributed by atoms with Gasteiger partial charge in [-0.2, -0.15) is 0 Å². The monoisotopic (exact) mass is 252 g/mol. The van der Waals surface area contributed by atoms with Gasteiger partial charge in [-0.15, -0.1) is 0 Å². The Bertz CT molecular complexity index is 350. The van der Waals surface area contributed by atoms with Crippen LogP contribution in [0.15, 0.2) is 24.3 Å². The fourth-order valence-corrected chi connectivity index (χ4v) is 2.83. The molecule has 0 bridgehead atoms. The largest absolute Gasteiger partial charge is 0.330 e. The van der Waals surface area contributed by atoms with Gasteiger partial charge in [0.15, 0.2) is 0 Å². The summed E-state index contributed by atoms with van der Waals surface area (Å²) in [7, 11) is 0. The highest BCUT2D eigenvalue weighted by molar-refractivity contribution is 6.30. The Kier molecular flexibility index (Phi) is 4.43. The van der Waals surface area contributed by atoms with Gasteiger partial charge in [-0.05, 0) is 49.9 Å². The molecular weight excluding hydrogens is 232 g/mol. The van der Waals surface area contributed by atoms with E-state index >= 15 is 0 Å². The molecule has 0 radical (unpaired) electrons. The van der Waals surface area contributed by atoms with E-state index in [0.29, 0.717) is 18.0 Å². The second-order valence-electron chi connectivity index (χ2n) is 4.97. The number of nitrogens with two attached hydrogens (primary N) is 1. The van der Waals surface area contributed by atoms with E-state index in [1.165, 1.54) is 24.8 Å². The van der Waals surface area contributed by atoms with Crippen LogP contribution in [-0.4, -0.2) is 12.6 Å². The molecule has 0 heterocycles. The van der Waals surface area contributed by atoms with Gasteiger partial charge in [0.05, 0.1) is 0 Å². The molecule has 0 saturated heterocycles. The van der Waals surface area contributed by atoms with Crippen molar-refractivity contribution in [3.05, 3.63) is 34.9 Å². The highest BCUT2D eigenvalue weighted by atomic mass is 35.5. The maximum absolute atomic E-state index is 5.90. The van der Waals surface area contributed by atoms with Gasteiger partial charge in [-0.3, -0.25) is 0 Å². The normalized spacial score (nSPS) is 26.1. The van der Waals surface area contributed by atoms with Crippen LogP contribution in [0, 0.1) is 5.92 Å². The summed E-state index contributed by atoms with van der Waals surface area (Å²) < 4.78 is 0. The van der Waals surface area contributed by atoms with E-state index in [1.807, 2.05) is 12.1 Å². The van der Waals surface area contributed by atoms with Crippen molar-refractivity contribution in [2.24, 2.45) is 11.7 Å². The van der Waals surface area contributed by atoms with Crippen molar-refractivity contribution >= 4 is 11.6 Å². The van der Waals surface area contributed by atoms with Crippen molar-refractivity contribution < 1.29 is 0 Å². The Hall–Kier alpha value is -0.570. The number of halogens is 1. The Balaban J connectivity index is 1.96. The molecule has 0 aliphatic heterocycles. The molecule has 17 heavy (non-hydrogen) atoms. The number of benzene rings is 1. The van der Waals surface area contributed by atoms with Crippen LogP contribution in [0.2, 0.25) is 5.02 Å². The molecule has 1 aliphatic carbocycles. The molecule has 3 heteroatoms. The van der Waals surface area contributed by atoms with Gasteiger partial charge in [0, 0.05) is 17.1 Å². The first-order valence-corrected chi connectivity index (χ1v) is 6.80. The highest BCUT2D eigenvalue weighted by Gasteiger charge is 2.26. The van der Waals surface area contributed by atoms with Gasteiger partial charge in [0.1, 0.15) is 0 Å². The van der Waals surface area contributed by atoms with Crippen molar-refractivity contribution in [3.63, 3.8) is 0 Å². The van der Waals surface area contributed by atoms with E-state index in [1.54, 1.807) is 0 Å². The van der Waals surface area contributed by atoms with Gasteiger partial charge in [0.25, 0.3) is 0 Å². The molecule has 0 spiro atoms. The lowest BCUT2D eigenvalue weighted by Gasteiger charge is -2.24. The Labute approximate surface area is 109 Å². The van der Waals surface area contributed by atoms with E-state index in [4.69, 9.17) is 17.3 Å². The molecule has 3 N–H and O–H groups in total. The van der Waals surface area contributed by atoms with Gasteiger partial charge in [-0.1, -0.05) is 30.2 Å². The van der Waals surface area contributed by atoms with Crippen molar-refractivity contribution in [2.45, 2.75) is 38.3 Å². The number of rotatable bonds is 4. The van der Waals surface area contributed by atoms with Crippen molar-refractivity contribution in [1.82, 2.24) is 5.32 Å². The smallest absolute Gasteiger partial charge is 0.0406 e. The minimum absolute atomic E-state index is 0.365. The topological polar surface area (TPSA) is 38.0 Å². The minimum atomic E-state index is 0.365. The number of nitrogens with one attached hydrogen (secondary N) is 1. The van der Waals surface area contributed by atoms with Crippen LogP contribution >= 0.6 is 11.6 Å². The van der Waals surface area contributed by atoms with E-state index in [9.17, 15) is 0 Å². The molecule has 2 nitrogen and oxygen atoms in total.